The van der Waals surface area contributed by atoms with Gasteiger partial charge >= 0.3 is 0 Å². The molecule has 0 bridgehead atoms. The van der Waals surface area contributed by atoms with Crippen molar-refractivity contribution in [1.82, 2.24) is 15.2 Å². The molecule has 5 aromatic rings. The van der Waals surface area contributed by atoms with E-state index in [9.17, 15) is 4.79 Å². The second-order valence-electron chi connectivity index (χ2n) is 6.65. The van der Waals surface area contributed by atoms with E-state index < -0.39 is 0 Å². The minimum Gasteiger partial charge on any atom is -0.463 e. The number of hydrogen-bond donors (Lipinski definition) is 1. The third-order valence-corrected chi connectivity index (χ3v) is 6.61. The number of pyridine rings is 1. The molecule has 0 spiro atoms. The van der Waals surface area contributed by atoms with Crippen molar-refractivity contribution in [3.63, 3.8) is 0 Å². The monoisotopic (exact) mass is 444 g/mol. The van der Waals surface area contributed by atoms with E-state index >= 15 is 0 Å². The van der Waals surface area contributed by atoms with Crippen LogP contribution in [0.25, 0.3) is 22.4 Å². The molecule has 3 heterocycles. The average molecular weight is 445 g/mol. The van der Waals surface area contributed by atoms with Crippen molar-refractivity contribution in [3.05, 3.63) is 90.2 Å². The summed E-state index contributed by atoms with van der Waals surface area (Å²) >= 11 is 2.95. The molecule has 1 amide bonds. The van der Waals surface area contributed by atoms with Crippen LogP contribution in [0.4, 0.5) is 5.13 Å². The molecular weight excluding hydrogens is 428 g/mol. The molecule has 31 heavy (non-hydrogen) atoms. The highest BCUT2D eigenvalue weighted by Gasteiger charge is 2.17. The van der Waals surface area contributed by atoms with Crippen LogP contribution in [-0.4, -0.2) is 21.1 Å². The summed E-state index contributed by atoms with van der Waals surface area (Å²) < 4.78 is 6.27. The van der Waals surface area contributed by atoms with Gasteiger partial charge in [0, 0.05) is 11.1 Å². The molecule has 2 aromatic carbocycles. The van der Waals surface area contributed by atoms with Gasteiger partial charge in [-0.05, 0) is 29.8 Å². The molecule has 0 saturated carbocycles. The number of aromatic nitrogens is 3. The maximum atomic E-state index is 13.1. The molecule has 5 rings (SSSR count). The van der Waals surface area contributed by atoms with Crippen molar-refractivity contribution in [2.45, 2.75) is 10.1 Å². The van der Waals surface area contributed by atoms with Crippen LogP contribution in [0.5, 0.6) is 0 Å². The van der Waals surface area contributed by atoms with Gasteiger partial charge in [0.15, 0.2) is 10.1 Å². The third kappa shape index (κ3) is 4.35. The zero-order valence-corrected chi connectivity index (χ0v) is 17.8. The highest BCUT2D eigenvalue weighted by Crippen LogP contribution is 2.30. The smallest absolute Gasteiger partial charge is 0.258 e. The number of carbonyl (C=O) groups is 1. The minimum atomic E-state index is -0.262. The van der Waals surface area contributed by atoms with Crippen molar-refractivity contribution < 1.29 is 9.21 Å². The summed E-state index contributed by atoms with van der Waals surface area (Å²) in [6.07, 6.45) is 1.59. The lowest BCUT2D eigenvalue weighted by Gasteiger charge is -2.08. The van der Waals surface area contributed by atoms with Gasteiger partial charge in [0.2, 0.25) is 5.13 Å². The number of hydrogen-bond acceptors (Lipinski definition) is 7. The molecule has 0 aliphatic rings. The Kier molecular flexibility index (Phi) is 5.47. The summed E-state index contributed by atoms with van der Waals surface area (Å²) in [4.78, 5) is 17.7. The van der Waals surface area contributed by atoms with E-state index in [1.54, 1.807) is 30.2 Å². The van der Waals surface area contributed by atoms with E-state index in [0.29, 0.717) is 22.1 Å². The molecule has 6 nitrogen and oxygen atoms in total. The first-order chi connectivity index (χ1) is 15.3. The number of amides is 1. The number of para-hydroxylation sites is 1. The molecule has 0 unspecified atom stereocenters. The van der Waals surface area contributed by atoms with Gasteiger partial charge in [-0.25, -0.2) is 4.98 Å². The molecule has 3 aromatic heterocycles. The van der Waals surface area contributed by atoms with Crippen LogP contribution in [0.1, 0.15) is 15.9 Å². The summed E-state index contributed by atoms with van der Waals surface area (Å²) in [6.45, 7) is 0. The maximum Gasteiger partial charge on any atom is 0.258 e. The number of nitrogens with one attached hydrogen (secondary N) is 1. The van der Waals surface area contributed by atoms with E-state index in [-0.39, 0.29) is 5.91 Å². The highest BCUT2D eigenvalue weighted by molar-refractivity contribution is 8.00. The molecule has 8 heteroatoms. The van der Waals surface area contributed by atoms with Crippen molar-refractivity contribution in [2.24, 2.45) is 0 Å². The lowest BCUT2D eigenvalue weighted by atomic mass is 10.1. The first-order valence-electron chi connectivity index (χ1n) is 9.51. The van der Waals surface area contributed by atoms with Crippen LogP contribution in [0.3, 0.4) is 0 Å². The fourth-order valence-electron chi connectivity index (χ4n) is 3.12. The van der Waals surface area contributed by atoms with Crippen molar-refractivity contribution in [1.29, 1.82) is 0 Å². The standard InChI is InChI=1S/C23H16N4O2S2/c28-21(25-22-26-27-23(31-22)30-14-15-7-2-1-3-8-15)17-13-19(20-11-6-12-29-20)24-18-10-5-4-9-16(17)18/h1-13H,14H2,(H,25,26,28). The molecular formula is C23H16N4O2S2. The fraction of sp³-hybridized carbons (Fsp3) is 0.0435. The van der Waals surface area contributed by atoms with Gasteiger partial charge in [-0.15, -0.1) is 10.2 Å². The summed E-state index contributed by atoms with van der Waals surface area (Å²) in [5, 5.41) is 12.4. The quantitative estimate of drug-likeness (QED) is 0.260. The molecule has 0 atom stereocenters. The van der Waals surface area contributed by atoms with Crippen molar-refractivity contribution in [3.8, 4) is 11.5 Å². The number of anilines is 1. The van der Waals surface area contributed by atoms with Crippen molar-refractivity contribution in [2.75, 3.05) is 5.32 Å². The van der Waals surface area contributed by atoms with E-state index in [0.717, 1.165) is 21.0 Å². The first-order valence-corrected chi connectivity index (χ1v) is 11.3. The molecule has 0 radical (unpaired) electrons. The van der Waals surface area contributed by atoms with Crippen LogP contribution < -0.4 is 5.32 Å². The molecule has 0 saturated heterocycles. The topological polar surface area (TPSA) is 80.9 Å². The average Bonchev–Trinajstić information content (AvgIpc) is 3.50. The molecule has 1 N–H and O–H groups in total. The third-order valence-electron chi connectivity index (χ3n) is 4.57. The summed E-state index contributed by atoms with van der Waals surface area (Å²) in [7, 11) is 0. The molecule has 0 aliphatic carbocycles. The maximum absolute atomic E-state index is 13.1. The lowest BCUT2D eigenvalue weighted by Crippen LogP contribution is -2.13. The van der Waals surface area contributed by atoms with Crippen LogP contribution in [0.2, 0.25) is 0 Å². The predicted molar refractivity (Wildman–Crippen MR) is 123 cm³/mol. The number of rotatable bonds is 6. The van der Waals surface area contributed by atoms with E-state index in [1.807, 2.05) is 48.5 Å². The first kappa shape index (κ1) is 19.5. The van der Waals surface area contributed by atoms with Gasteiger partial charge in [0.1, 0.15) is 5.69 Å². The molecule has 152 valence electrons. The number of benzene rings is 2. The normalized spacial score (nSPS) is 11.0. The second kappa shape index (κ2) is 8.71. The number of thioether (sulfide) groups is 1. The van der Waals surface area contributed by atoms with Crippen LogP contribution in [0, 0.1) is 0 Å². The minimum absolute atomic E-state index is 0.262. The molecule has 0 fully saturated rings. The Morgan fingerprint density at radius 1 is 1.00 bits per heavy atom. The lowest BCUT2D eigenvalue weighted by molar-refractivity contribution is 0.102. The zero-order valence-electron chi connectivity index (χ0n) is 16.2. The number of fused-ring (bicyclic) bond motifs is 1. The van der Waals surface area contributed by atoms with Gasteiger partial charge in [-0.2, -0.15) is 0 Å². The van der Waals surface area contributed by atoms with Crippen molar-refractivity contribution >= 4 is 45.0 Å². The Balaban J connectivity index is 1.37. The Morgan fingerprint density at radius 3 is 2.68 bits per heavy atom. The van der Waals surface area contributed by atoms with E-state index in [4.69, 9.17) is 4.42 Å². The Bertz CT molecular complexity index is 1330. The summed E-state index contributed by atoms with van der Waals surface area (Å²) in [5.74, 6) is 1.14. The number of nitrogens with zero attached hydrogens (tertiary/aromatic N) is 3. The summed E-state index contributed by atoms with van der Waals surface area (Å²) in [6, 6.07) is 23.0. The van der Waals surface area contributed by atoms with Crippen LogP contribution in [-0.2, 0) is 5.75 Å². The molecule has 0 aliphatic heterocycles. The van der Waals surface area contributed by atoms with Gasteiger partial charge in [-0.3, -0.25) is 10.1 Å². The van der Waals surface area contributed by atoms with Gasteiger partial charge in [0.25, 0.3) is 5.91 Å². The number of furan rings is 1. The van der Waals surface area contributed by atoms with Gasteiger partial charge in [0.05, 0.1) is 17.3 Å². The summed E-state index contributed by atoms with van der Waals surface area (Å²) in [5.41, 5.74) is 3.04. The predicted octanol–water partition coefficient (Wildman–Crippen LogP) is 5.89. The van der Waals surface area contributed by atoms with E-state index in [2.05, 4.69) is 32.6 Å². The van der Waals surface area contributed by atoms with Crippen LogP contribution in [0.15, 0.2) is 87.8 Å². The Hall–Kier alpha value is -3.49. The fourth-order valence-corrected chi connectivity index (χ4v) is 4.82. The van der Waals surface area contributed by atoms with Gasteiger partial charge < -0.3 is 4.42 Å². The SMILES string of the molecule is O=C(Nc1nnc(SCc2ccccc2)s1)c1cc(-c2ccco2)nc2ccccc12. The Morgan fingerprint density at radius 2 is 1.84 bits per heavy atom. The Labute approximate surface area is 186 Å². The van der Waals surface area contributed by atoms with E-state index in [1.165, 1.54) is 16.9 Å². The highest BCUT2D eigenvalue weighted by atomic mass is 32.2. The second-order valence-corrected chi connectivity index (χ2v) is 8.85. The zero-order chi connectivity index (χ0) is 21.0. The largest absolute Gasteiger partial charge is 0.463 e. The van der Waals surface area contributed by atoms with Crippen LogP contribution >= 0.6 is 23.1 Å². The number of carbonyl (C=O) groups excluding carboxylic acids is 1. The van der Waals surface area contributed by atoms with Gasteiger partial charge in [-0.1, -0.05) is 71.6 Å².